The highest BCUT2D eigenvalue weighted by atomic mass is 32.1. The lowest BCUT2D eigenvalue weighted by molar-refractivity contribution is 0.441. The van der Waals surface area contributed by atoms with Crippen molar-refractivity contribution in [1.82, 2.24) is 9.55 Å². The number of rotatable bonds is 4. The Bertz CT molecular complexity index is 1140. The van der Waals surface area contributed by atoms with Crippen LogP contribution < -0.4 is 5.56 Å². The fourth-order valence-electron chi connectivity index (χ4n) is 3.21. The van der Waals surface area contributed by atoms with Gasteiger partial charge in [-0.2, -0.15) is 0 Å². The Morgan fingerprint density at radius 3 is 2.73 bits per heavy atom. The van der Waals surface area contributed by atoms with E-state index in [2.05, 4.69) is 0 Å². The molecule has 4 rings (SSSR count). The van der Waals surface area contributed by atoms with Gasteiger partial charge in [0.05, 0.1) is 11.9 Å². The number of benzene rings is 1. The Hall–Kier alpha value is -2.31. The highest BCUT2D eigenvalue weighted by Gasteiger charge is 2.20. The molecule has 3 nitrogen and oxygen atoms in total. The number of aromatic nitrogens is 2. The number of halogens is 1. The third kappa shape index (κ3) is 2.79. The van der Waals surface area contributed by atoms with Gasteiger partial charge < -0.3 is 0 Å². The third-order valence-electron chi connectivity index (χ3n) is 4.34. The van der Waals surface area contributed by atoms with Crippen molar-refractivity contribution >= 4 is 32.9 Å². The predicted molar refractivity (Wildman–Crippen MR) is 108 cm³/mol. The van der Waals surface area contributed by atoms with Crippen LogP contribution in [0.5, 0.6) is 0 Å². The van der Waals surface area contributed by atoms with Gasteiger partial charge in [-0.3, -0.25) is 9.36 Å². The molecule has 6 heteroatoms. The first-order valence-electron chi connectivity index (χ1n) is 8.31. The molecule has 0 N–H and O–H groups in total. The Morgan fingerprint density at radius 1 is 1.19 bits per heavy atom. The maximum atomic E-state index is 13.3. The monoisotopic (exact) mass is 384 g/mol. The molecule has 0 saturated heterocycles. The van der Waals surface area contributed by atoms with Gasteiger partial charge >= 0.3 is 0 Å². The average Bonchev–Trinajstić information content (AvgIpc) is 3.24. The summed E-state index contributed by atoms with van der Waals surface area (Å²) in [6, 6.07) is 11.8. The van der Waals surface area contributed by atoms with Gasteiger partial charge in [0.15, 0.2) is 0 Å². The van der Waals surface area contributed by atoms with Crippen LogP contribution in [-0.4, -0.2) is 16.2 Å². The predicted octanol–water partition coefficient (Wildman–Crippen LogP) is 5.44. The van der Waals surface area contributed by atoms with Gasteiger partial charge in [0.1, 0.15) is 17.3 Å². The molecule has 0 radical (unpaired) electrons. The first kappa shape index (κ1) is 17.1. The summed E-state index contributed by atoms with van der Waals surface area (Å²) in [5, 5.41) is 2.59. The molecule has 26 heavy (non-hydrogen) atoms. The highest BCUT2D eigenvalue weighted by molar-refractivity contribution is 7.20. The lowest BCUT2D eigenvalue weighted by atomic mass is 10.1. The molecule has 0 aliphatic rings. The van der Waals surface area contributed by atoms with Crippen molar-refractivity contribution in [3.05, 3.63) is 62.6 Å². The van der Waals surface area contributed by atoms with E-state index >= 15 is 0 Å². The van der Waals surface area contributed by atoms with Crippen LogP contribution in [-0.2, 0) is 6.54 Å². The molecular formula is C20H17FN2OS2. The second-order valence-corrected chi connectivity index (χ2v) is 8.29. The fraction of sp³-hybridized carbons (Fsp3) is 0.200. The molecule has 0 bridgehead atoms. The molecule has 0 atom stereocenters. The van der Waals surface area contributed by atoms with Crippen LogP contribution in [0, 0.1) is 13.8 Å². The Kier molecular flexibility index (Phi) is 4.46. The summed E-state index contributed by atoms with van der Waals surface area (Å²) in [5.74, 6) is 0.530. The first-order valence-corrected chi connectivity index (χ1v) is 10.0. The van der Waals surface area contributed by atoms with Gasteiger partial charge in [-0.05, 0) is 31.4 Å². The number of aryl methyl sites for hydroxylation is 2. The van der Waals surface area contributed by atoms with Crippen molar-refractivity contribution in [3.63, 3.8) is 0 Å². The highest BCUT2D eigenvalue weighted by Crippen LogP contribution is 2.38. The van der Waals surface area contributed by atoms with E-state index in [1.165, 1.54) is 15.9 Å². The zero-order valence-electron chi connectivity index (χ0n) is 14.5. The fourth-order valence-corrected chi connectivity index (χ4v) is 5.14. The van der Waals surface area contributed by atoms with Crippen LogP contribution in [0.1, 0.15) is 10.4 Å². The van der Waals surface area contributed by atoms with Crippen molar-refractivity contribution < 1.29 is 4.39 Å². The Morgan fingerprint density at radius 2 is 2.04 bits per heavy atom. The van der Waals surface area contributed by atoms with Crippen LogP contribution in [0.15, 0.2) is 46.6 Å². The number of hydrogen-bond acceptors (Lipinski definition) is 4. The summed E-state index contributed by atoms with van der Waals surface area (Å²) in [6.45, 7) is 3.39. The number of hydrogen-bond donors (Lipinski definition) is 0. The van der Waals surface area contributed by atoms with Gasteiger partial charge in [-0.1, -0.05) is 29.8 Å². The zero-order chi connectivity index (χ0) is 18.3. The summed E-state index contributed by atoms with van der Waals surface area (Å²) < 4.78 is 14.7. The minimum Gasteiger partial charge on any atom is -0.289 e. The molecule has 0 amide bonds. The van der Waals surface area contributed by atoms with Crippen molar-refractivity contribution in [1.29, 1.82) is 0 Å². The van der Waals surface area contributed by atoms with Crippen molar-refractivity contribution in [3.8, 4) is 21.8 Å². The molecule has 0 saturated carbocycles. The Labute approximate surface area is 158 Å². The maximum absolute atomic E-state index is 13.3. The third-order valence-corrected chi connectivity index (χ3v) is 6.23. The lowest BCUT2D eigenvalue weighted by Crippen LogP contribution is -2.24. The standard InChI is InChI=1S/C20H17FN2OS2/c1-12-5-3-6-14(11-12)18-22-19-17(20(24)23(18)9-8-21)16(13(2)26-19)15-7-4-10-25-15/h3-7,10-11H,8-9H2,1-2H3. The van der Waals surface area contributed by atoms with E-state index in [4.69, 9.17) is 4.98 Å². The molecule has 0 spiro atoms. The van der Waals surface area contributed by atoms with E-state index in [0.29, 0.717) is 16.0 Å². The molecule has 1 aromatic carbocycles. The van der Waals surface area contributed by atoms with E-state index < -0.39 is 6.67 Å². The average molecular weight is 385 g/mol. The quantitative estimate of drug-likeness (QED) is 0.470. The molecule has 0 unspecified atom stereocenters. The van der Waals surface area contributed by atoms with E-state index in [-0.39, 0.29) is 12.1 Å². The zero-order valence-corrected chi connectivity index (χ0v) is 16.1. The second-order valence-electron chi connectivity index (χ2n) is 6.14. The number of fused-ring (bicyclic) bond motifs is 1. The van der Waals surface area contributed by atoms with E-state index in [1.807, 2.05) is 55.6 Å². The molecule has 0 aliphatic carbocycles. The lowest BCUT2D eigenvalue weighted by Gasteiger charge is -2.12. The van der Waals surface area contributed by atoms with Crippen LogP contribution in [0.4, 0.5) is 4.39 Å². The van der Waals surface area contributed by atoms with Crippen molar-refractivity contribution in [2.75, 3.05) is 6.67 Å². The van der Waals surface area contributed by atoms with Gasteiger partial charge in [0, 0.05) is 20.9 Å². The van der Waals surface area contributed by atoms with E-state index in [9.17, 15) is 9.18 Å². The van der Waals surface area contributed by atoms with Gasteiger partial charge in [0.25, 0.3) is 5.56 Å². The molecule has 3 heterocycles. The number of thiophene rings is 2. The van der Waals surface area contributed by atoms with Crippen LogP contribution in [0.2, 0.25) is 0 Å². The summed E-state index contributed by atoms with van der Waals surface area (Å²) in [4.78, 5) is 20.9. The SMILES string of the molecule is Cc1cccc(-c2nc3sc(C)c(-c4cccs4)c3c(=O)n2CCF)c1. The maximum Gasteiger partial charge on any atom is 0.263 e. The molecule has 4 aromatic rings. The first-order chi connectivity index (χ1) is 12.6. The summed E-state index contributed by atoms with van der Waals surface area (Å²) >= 11 is 3.12. The van der Waals surface area contributed by atoms with Crippen LogP contribution in [0.3, 0.4) is 0 Å². The van der Waals surface area contributed by atoms with E-state index in [1.54, 1.807) is 11.3 Å². The summed E-state index contributed by atoms with van der Waals surface area (Å²) in [7, 11) is 0. The molecule has 0 aliphatic heterocycles. The molecular weight excluding hydrogens is 367 g/mol. The summed E-state index contributed by atoms with van der Waals surface area (Å²) in [6.07, 6.45) is 0. The normalized spacial score (nSPS) is 11.3. The van der Waals surface area contributed by atoms with Crippen molar-refractivity contribution in [2.24, 2.45) is 0 Å². The minimum atomic E-state index is -0.608. The minimum absolute atomic E-state index is 0.00379. The van der Waals surface area contributed by atoms with Crippen molar-refractivity contribution in [2.45, 2.75) is 20.4 Å². The van der Waals surface area contributed by atoms with Gasteiger partial charge in [-0.25, -0.2) is 9.37 Å². The van der Waals surface area contributed by atoms with Gasteiger partial charge in [-0.15, -0.1) is 22.7 Å². The Balaban J connectivity index is 2.07. The smallest absolute Gasteiger partial charge is 0.263 e. The number of nitrogens with zero attached hydrogens (tertiary/aromatic N) is 2. The summed E-state index contributed by atoms with van der Waals surface area (Å²) in [5.41, 5.74) is 2.67. The molecule has 3 aromatic heterocycles. The molecule has 0 fully saturated rings. The largest absolute Gasteiger partial charge is 0.289 e. The van der Waals surface area contributed by atoms with E-state index in [0.717, 1.165) is 26.4 Å². The number of alkyl halides is 1. The second kappa shape index (κ2) is 6.78. The topological polar surface area (TPSA) is 34.9 Å². The van der Waals surface area contributed by atoms with Crippen LogP contribution >= 0.6 is 22.7 Å². The molecule has 132 valence electrons. The van der Waals surface area contributed by atoms with Gasteiger partial charge in [0.2, 0.25) is 0 Å². The van der Waals surface area contributed by atoms with Crippen LogP contribution in [0.25, 0.3) is 32.0 Å².